The second kappa shape index (κ2) is 7.16. The molecule has 0 aliphatic carbocycles. The van der Waals surface area contributed by atoms with E-state index in [1.165, 1.54) is 6.33 Å². The Bertz CT molecular complexity index is 409. The minimum Gasteiger partial charge on any atom is -0.369 e. The van der Waals surface area contributed by atoms with E-state index in [-0.39, 0.29) is 5.91 Å². The molecule has 1 rings (SSSR count). The molecule has 1 aromatic heterocycles. The largest absolute Gasteiger partial charge is 0.369 e. The first-order chi connectivity index (χ1) is 8.50. The number of anilines is 1. The molecule has 0 unspecified atom stereocenters. The number of carbonyl (C=O) groups is 1. The molecule has 0 aliphatic heterocycles. The van der Waals surface area contributed by atoms with Gasteiger partial charge in [0.05, 0.1) is 0 Å². The molecule has 6 heteroatoms. The highest BCUT2D eigenvalue weighted by Gasteiger charge is 2.06. The number of aromatic nitrogens is 2. The average molecular weight is 271 g/mol. The molecule has 5 nitrogen and oxygen atoms in total. The van der Waals surface area contributed by atoms with E-state index in [2.05, 4.69) is 34.4 Å². The van der Waals surface area contributed by atoms with Crippen molar-refractivity contribution >= 4 is 23.3 Å². The van der Waals surface area contributed by atoms with Crippen LogP contribution in [0.3, 0.4) is 0 Å². The molecule has 0 aromatic carbocycles. The van der Waals surface area contributed by atoms with Crippen molar-refractivity contribution in [2.45, 2.75) is 27.2 Å². The molecule has 1 aromatic rings. The van der Waals surface area contributed by atoms with Crippen molar-refractivity contribution in [3.63, 3.8) is 0 Å². The molecule has 0 spiro atoms. The third-order valence-corrected chi connectivity index (χ3v) is 2.76. The Labute approximate surface area is 112 Å². The molecular formula is C12H19ClN4O. The minimum atomic E-state index is 0.0361. The zero-order chi connectivity index (χ0) is 13.5. The number of amides is 1. The molecular weight excluding hydrogens is 252 g/mol. The highest BCUT2D eigenvalue weighted by atomic mass is 35.5. The van der Waals surface area contributed by atoms with Crippen molar-refractivity contribution in [1.82, 2.24) is 15.3 Å². The van der Waals surface area contributed by atoms with E-state index in [1.807, 2.05) is 6.92 Å². The van der Waals surface area contributed by atoms with Crippen LogP contribution >= 0.6 is 11.6 Å². The van der Waals surface area contributed by atoms with Gasteiger partial charge in [-0.25, -0.2) is 9.97 Å². The van der Waals surface area contributed by atoms with Gasteiger partial charge >= 0.3 is 0 Å². The fraction of sp³-hybridized carbons (Fsp3) is 0.583. The Morgan fingerprint density at radius 3 is 2.83 bits per heavy atom. The fourth-order valence-electron chi connectivity index (χ4n) is 1.31. The van der Waals surface area contributed by atoms with E-state index in [0.29, 0.717) is 36.4 Å². The summed E-state index contributed by atoms with van der Waals surface area (Å²) in [5, 5.41) is 6.36. The maximum absolute atomic E-state index is 11.5. The molecule has 0 radical (unpaired) electrons. The monoisotopic (exact) mass is 270 g/mol. The summed E-state index contributed by atoms with van der Waals surface area (Å²) < 4.78 is 0. The molecule has 0 aliphatic rings. The molecule has 0 atom stereocenters. The summed E-state index contributed by atoms with van der Waals surface area (Å²) in [5.41, 5.74) is 0.793. The highest BCUT2D eigenvalue weighted by molar-refractivity contribution is 6.30. The summed E-state index contributed by atoms with van der Waals surface area (Å²) in [6, 6.07) is 0. The van der Waals surface area contributed by atoms with Crippen LogP contribution in [0.5, 0.6) is 0 Å². The maximum Gasteiger partial charge on any atom is 0.221 e. The second-order valence-electron chi connectivity index (χ2n) is 4.51. The number of hydrogen-bond donors (Lipinski definition) is 2. The first-order valence-corrected chi connectivity index (χ1v) is 6.36. The predicted molar refractivity (Wildman–Crippen MR) is 72.7 cm³/mol. The van der Waals surface area contributed by atoms with Gasteiger partial charge in [0.25, 0.3) is 0 Å². The van der Waals surface area contributed by atoms with Crippen molar-refractivity contribution in [3.05, 3.63) is 17.0 Å². The van der Waals surface area contributed by atoms with Crippen molar-refractivity contribution < 1.29 is 4.79 Å². The van der Waals surface area contributed by atoms with Crippen LogP contribution in [-0.2, 0) is 4.79 Å². The number of nitrogens with zero attached hydrogens (tertiary/aromatic N) is 2. The Morgan fingerprint density at radius 2 is 2.17 bits per heavy atom. The van der Waals surface area contributed by atoms with Crippen molar-refractivity contribution in [2.75, 3.05) is 18.4 Å². The third-order valence-electron chi connectivity index (χ3n) is 2.37. The quantitative estimate of drug-likeness (QED) is 0.776. The zero-order valence-corrected chi connectivity index (χ0v) is 11.7. The number of rotatable bonds is 6. The summed E-state index contributed by atoms with van der Waals surface area (Å²) in [5.74, 6) is 1.17. The number of halogens is 1. The molecule has 0 saturated carbocycles. The van der Waals surface area contributed by atoms with Gasteiger partial charge in [-0.1, -0.05) is 25.4 Å². The highest BCUT2D eigenvalue weighted by Crippen LogP contribution is 2.17. The first kappa shape index (κ1) is 14.7. The topological polar surface area (TPSA) is 66.9 Å². The molecule has 18 heavy (non-hydrogen) atoms. The fourth-order valence-corrected chi connectivity index (χ4v) is 1.44. The molecule has 0 bridgehead atoms. The van der Waals surface area contributed by atoms with Gasteiger partial charge in [0.15, 0.2) is 0 Å². The predicted octanol–water partition coefficient (Wildman–Crippen LogP) is 2.01. The molecule has 1 amide bonds. The van der Waals surface area contributed by atoms with Crippen LogP contribution in [0.25, 0.3) is 0 Å². The number of hydrogen-bond acceptors (Lipinski definition) is 4. The van der Waals surface area contributed by atoms with Crippen LogP contribution in [0.2, 0.25) is 5.15 Å². The van der Waals surface area contributed by atoms with Crippen LogP contribution in [0.4, 0.5) is 5.82 Å². The van der Waals surface area contributed by atoms with Crippen LogP contribution in [0.1, 0.15) is 25.8 Å². The van der Waals surface area contributed by atoms with Crippen LogP contribution in [0, 0.1) is 12.8 Å². The number of nitrogens with one attached hydrogen (secondary N) is 2. The van der Waals surface area contributed by atoms with E-state index < -0.39 is 0 Å². The Hall–Kier alpha value is -1.36. The lowest BCUT2D eigenvalue weighted by atomic mass is 10.2. The van der Waals surface area contributed by atoms with E-state index in [9.17, 15) is 4.79 Å². The van der Waals surface area contributed by atoms with Gasteiger partial charge in [-0.2, -0.15) is 0 Å². The van der Waals surface area contributed by atoms with Crippen molar-refractivity contribution in [3.8, 4) is 0 Å². The van der Waals surface area contributed by atoms with Gasteiger partial charge in [0.1, 0.15) is 17.3 Å². The van der Waals surface area contributed by atoms with Gasteiger partial charge in [-0.3, -0.25) is 4.79 Å². The average Bonchev–Trinajstić information content (AvgIpc) is 2.32. The summed E-state index contributed by atoms with van der Waals surface area (Å²) in [6.07, 6.45) is 1.81. The standard InChI is InChI=1S/C12H19ClN4O/c1-8(2)6-15-10(18)4-5-14-12-9(3)11(13)16-7-17-12/h7-8H,4-6H2,1-3H3,(H,15,18)(H,14,16,17). The Morgan fingerprint density at radius 1 is 1.44 bits per heavy atom. The van der Waals surface area contributed by atoms with Gasteiger partial charge in [-0.15, -0.1) is 0 Å². The molecule has 2 N–H and O–H groups in total. The van der Waals surface area contributed by atoms with Crippen molar-refractivity contribution in [2.24, 2.45) is 5.92 Å². The molecule has 100 valence electrons. The first-order valence-electron chi connectivity index (χ1n) is 5.98. The summed E-state index contributed by atoms with van der Waals surface area (Å²) >= 11 is 5.87. The minimum absolute atomic E-state index is 0.0361. The van der Waals surface area contributed by atoms with E-state index in [1.54, 1.807) is 0 Å². The van der Waals surface area contributed by atoms with Crippen LogP contribution in [0.15, 0.2) is 6.33 Å². The Kier molecular flexibility index (Phi) is 5.85. The SMILES string of the molecule is Cc1c(Cl)ncnc1NCCC(=O)NCC(C)C. The molecule has 0 fully saturated rings. The van der Waals surface area contributed by atoms with Crippen LogP contribution < -0.4 is 10.6 Å². The molecule has 0 saturated heterocycles. The van der Waals surface area contributed by atoms with Crippen molar-refractivity contribution in [1.29, 1.82) is 0 Å². The summed E-state index contributed by atoms with van der Waals surface area (Å²) in [4.78, 5) is 19.4. The van der Waals surface area contributed by atoms with Gasteiger partial charge < -0.3 is 10.6 Å². The van der Waals surface area contributed by atoms with E-state index >= 15 is 0 Å². The van der Waals surface area contributed by atoms with E-state index in [0.717, 1.165) is 5.56 Å². The smallest absolute Gasteiger partial charge is 0.221 e. The Balaban J connectivity index is 2.33. The van der Waals surface area contributed by atoms with E-state index in [4.69, 9.17) is 11.6 Å². The van der Waals surface area contributed by atoms with Crippen LogP contribution in [-0.4, -0.2) is 29.0 Å². The van der Waals surface area contributed by atoms with Gasteiger partial charge in [0, 0.05) is 25.1 Å². The lowest BCUT2D eigenvalue weighted by Crippen LogP contribution is -2.28. The maximum atomic E-state index is 11.5. The van der Waals surface area contributed by atoms with Gasteiger partial charge in [0.2, 0.25) is 5.91 Å². The summed E-state index contributed by atoms with van der Waals surface area (Å²) in [6.45, 7) is 7.19. The zero-order valence-electron chi connectivity index (χ0n) is 11.0. The lowest BCUT2D eigenvalue weighted by molar-refractivity contribution is -0.120. The third kappa shape index (κ3) is 4.87. The molecule has 1 heterocycles. The van der Waals surface area contributed by atoms with Gasteiger partial charge in [-0.05, 0) is 12.8 Å². The second-order valence-corrected chi connectivity index (χ2v) is 4.87. The normalized spacial score (nSPS) is 10.5. The number of carbonyl (C=O) groups excluding carboxylic acids is 1. The summed E-state index contributed by atoms with van der Waals surface area (Å²) in [7, 11) is 0. The lowest BCUT2D eigenvalue weighted by Gasteiger charge is -2.10.